The molecule has 128 valence electrons. The highest BCUT2D eigenvalue weighted by atomic mass is 32.1. The van der Waals surface area contributed by atoms with E-state index in [0.29, 0.717) is 43.1 Å². The molecule has 3 heterocycles. The second-order valence-corrected chi connectivity index (χ2v) is 6.06. The van der Waals surface area contributed by atoms with Crippen molar-refractivity contribution in [1.29, 1.82) is 0 Å². The van der Waals surface area contributed by atoms with Crippen molar-refractivity contribution in [2.75, 3.05) is 31.1 Å². The van der Waals surface area contributed by atoms with Gasteiger partial charge in [0.2, 0.25) is 15.7 Å². The van der Waals surface area contributed by atoms with Gasteiger partial charge in [0, 0.05) is 38.4 Å². The molecule has 2 aromatic rings. The number of nitrogens with one attached hydrogen (secondary N) is 1. The summed E-state index contributed by atoms with van der Waals surface area (Å²) in [6.07, 6.45) is -3.16. The lowest BCUT2D eigenvalue weighted by Crippen LogP contribution is -2.48. The Balaban J connectivity index is 1.63. The number of hydrogen-bond acceptors (Lipinski definition) is 6. The summed E-state index contributed by atoms with van der Waals surface area (Å²) in [5.41, 5.74) is 0.0615. The Kier molecular flexibility index (Phi) is 4.26. The topological polar surface area (TPSA) is 82.2 Å². The number of carbonyl (C=O) groups is 1. The van der Waals surface area contributed by atoms with Gasteiger partial charge >= 0.3 is 6.18 Å². The molecular weight excluding hydrogens is 347 g/mol. The highest BCUT2D eigenvalue weighted by Crippen LogP contribution is 2.34. The quantitative estimate of drug-likeness (QED) is 0.872. The molecule has 1 saturated heterocycles. The van der Waals surface area contributed by atoms with Crippen molar-refractivity contribution in [2.24, 2.45) is 0 Å². The van der Waals surface area contributed by atoms with Gasteiger partial charge in [-0.05, 0) is 6.07 Å². The minimum absolute atomic E-state index is 0.193. The van der Waals surface area contributed by atoms with Crippen molar-refractivity contribution in [3.63, 3.8) is 0 Å². The summed E-state index contributed by atoms with van der Waals surface area (Å²) in [5.74, 6) is -0.237. The van der Waals surface area contributed by atoms with E-state index in [9.17, 15) is 22.8 Å². The van der Waals surface area contributed by atoms with E-state index in [4.69, 9.17) is 0 Å². The number of aromatic amines is 1. The summed E-state index contributed by atoms with van der Waals surface area (Å²) in [7, 11) is 0. The van der Waals surface area contributed by atoms with Crippen LogP contribution >= 0.6 is 11.3 Å². The second kappa shape index (κ2) is 6.23. The number of H-pyrrole nitrogens is 1. The maximum atomic E-state index is 12.6. The van der Waals surface area contributed by atoms with Crippen LogP contribution in [0.2, 0.25) is 0 Å². The number of piperazine rings is 1. The molecular formula is C13H12F3N5O2S. The van der Waals surface area contributed by atoms with Gasteiger partial charge in [-0.3, -0.25) is 9.59 Å². The van der Waals surface area contributed by atoms with E-state index in [1.54, 1.807) is 9.80 Å². The highest BCUT2D eigenvalue weighted by Gasteiger charge is 2.36. The van der Waals surface area contributed by atoms with E-state index in [-0.39, 0.29) is 16.6 Å². The number of nitrogens with zero attached hydrogens (tertiary/aromatic N) is 4. The van der Waals surface area contributed by atoms with Crippen LogP contribution in [0.4, 0.5) is 18.3 Å². The number of hydrogen-bond donors (Lipinski definition) is 1. The van der Waals surface area contributed by atoms with Crippen LogP contribution in [0.3, 0.4) is 0 Å². The molecule has 7 nitrogen and oxygen atoms in total. The minimum Gasteiger partial charge on any atom is -0.343 e. The molecule has 0 radical (unpaired) electrons. The van der Waals surface area contributed by atoms with Gasteiger partial charge in [0.15, 0.2) is 0 Å². The fourth-order valence-corrected chi connectivity index (χ4v) is 3.05. The van der Waals surface area contributed by atoms with Gasteiger partial charge in [-0.25, -0.2) is 0 Å². The van der Waals surface area contributed by atoms with Crippen LogP contribution in [0.1, 0.15) is 15.4 Å². The smallest absolute Gasteiger partial charge is 0.343 e. The summed E-state index contributed by atoms with van der Waals surface area (Å²) in [5, 5.41) is 5.95. The first-order valence-corrected chi connectivity index (χ1v) is 7.80. The molecule has 11 heteroatoms. The average molecular weight is 359 g/mol. The minimum atomic E-state index is -4.50. The van der Waals surface area contributed by atoms with Gasteiger partial charge in [0.05, 0.1) is 5.56 Å². The predicted octanol–water partition coefficient (Wildman–Crippen LogP) is 1.21. The zero-order valence-electron chi connectivity index (χ0n) is 12.2. The van der Waals surface area contributed by atoms with Gasteiger partial charge in [0.1, 0.15) is 0 Å². The largest absolute Gasteiger partial charge is 0.445 e. The molecule has 0 unspecified atom stereocenters. The van der Waals surface area contributed by atoms with Gasteiger partial charge < -0.3 is 14.8 Å². The van der Waals surface area contributed by atoms with Crippen LogP contribution in [0.5, 0.6) is 0 Å². The lowest BCUT2D eigenvalue weighted by atomic mass is 10.2. The predicted molar refractivity (Wildman–Crippen MR) is 80.1 cm³/mol. The van der Waals surface area contributed by atoms with Crippen LogP contribution in [0.25, 0.3) is 0 Å². The van der Waals surface area contributed by atoms with Gasteiger partial charge in [0.25, 0.3) is 5.91 Å². The summed E-state index contributed by atoms with van der Waals surface area (Å²) in [6, 6.07) is 2.71. The van der Waals surface area contributed by atoms with Gasteiger partial charge in [-0.15, -0.1) is 10.2 Å². The first kappa shape index (κ1) is 16.4. The first-order valence-electron chi connectivity index (χ1n) is 6.98. The number of halogens is 3. The van der Waals surface area contributed by atoms with E-state index >= 15 is 0 Å². The number of anilines is 1. The SMILES string of the molecule is O=C(c1ccc(=O)[nH]c1)N1CCN(c2nnc(C(F)(F)F)s2)CC1. The molecule has 24 heavy (non-hydrogen) atoms. The van der Waals surface area contributed by atoms with Crippen LogP contribution < -0.4 is 10.5 Å². The number of rotatable bonds is 2. The van der Waals surface area contributed by atoms with Crippen LogP contribution in [0, 0.1) is 0 Å². The number of amides is 1. The number of carbonyl (C=O) groups excluding carboxylic acids is 1. The fourth-order valence-electron chi connectivity index (χ4n) is 2.28. The zero-order valence-corrected chi connectivity index (χ0v) is 13.0. The molecule has 3 rings (SSSR count). The van der Waals surface area contributed by atoms with Crippen molar-refractivity contribution < 1.29 is 18.0 Å². The molecule has 1 aliphatic rings. The third kappa shape index (κ3) is 3.40. The Morgan fingerprint density at radius 1 is 1.17 bits per heavy atom. The number of alkyl halides is 3. The van der Waals surface area contributed by atoms with Crippen molar-refractivity contribution >= 4 is 22.4 Å². The first-order chi connectivity index (χ1) is 11.3. The monoisotopic (exact) mass is 359 g/mol. The van der Waals surface area contributed by atoms with Gasteiger partial charge in [-0.2, -0.15) is 13.2 Å². The van der Waals surface area contributed by atoms with E-state index in [2.05, 4.69) is 15.2 Å². The Bertz CT molecular complexity index is 775. The van der Waals surface area contributed by atoms with Crippen molar-refractivity contribution in [3.8, 4) is 0 Å². The molecule has 1 fully saturated rings. The Morgan fingerprint density at radius 2 is 1.88 bits per heavy atom. The summed E-state index contributed by atoms with van der Waals surface area (Å²) >= 11 is 0.489. The highest BCUT2D eigenvalue weighted by molar-refractivity contribution is 7.15. The summed E-state index contributed by atoms with van der Waals surface area (Å²) < 4.78 is 37.7. The number of pyridine rings is 1. The van der Waals surface area contributed by atoms with E-state index in [1.165, 1.54) is 18.3 Å². The van der Waals surface area contributed by atoms with E-state index in [1.807, 2.05) is 0 Å². The third-order valence-electron chi connectivity index (χ3n) is 3.53. The van der Waals surface area contributed by atoms with E-state index < -0.39 is 11.2 Å². The lowest BCUT2D eigenvalue weighted by molar-refractivity contribution is -0.138. The number of aromatic nitrogens is 3. The van der Waals surface area contributed by atoms with Crippen LogP contribution in [0.15, 0.2) is 23.1 Å². The molecule has 0 saturated carbocycles. The Labute approximate surface area is 137 Å². The standard InChI is InChI=1S/C13H12F3N5O2S/c14-13(15,16)11-18-19-12(24-11)21-5-3-20(4-6-21)10(23)8-1-2-9(22)17-7-8/h1-2,7H,3-6H2,(H,17,22). The van der Waals surface area contributed by atoms with Crippen molar-refractivity contribution in [3.05, 3.63) is 39.3 Å². The normalized spacial score (nSPS) is 15.6. The Hall–Kier alpha value is -2.43. The molecule has 1 amide bonds. The second-order valence-electron chi connectivity index (χ2n) is 5.11. The zero-order chi connectivity index (χ0) is 17.3. The van der Waals surface area contributed by atoms with Crippen molar-refractivity contribution in [2.45, 2.75) is 6.18 Å². The molecule has 0 aromatic carbocycles. The fraction of sp³-hybridized carbons (Fsp3) is 0.385. The summed E-state index contributed by atoms with van der Waals surface area (Å²) in [4.78, 5) is 29.0. The van der Waals surface area contributed by atoms with Gasteiger partial charge in [-0.1, -0.05) is 11.3 Å². The van der Waals surface area contributed by atoms with E-state index in [0.717, 1.165) is 0 Å². The lowest BCUT2D eigenvalue weighted by Gasteiger charge is -2.34. The summed E-state index contributed by atoms with van der Waals surface area (Å²) in [6.45, 7) is 1.42. The molecule has 1 aliphatic heterocycles. The average Bonchev–Trinajstić information content (AvgIpc) is 3.05. The molecule has 0 aliphatic carbocycles. The molecule has 1 N–H and O–H groups in total. The molecule has 2 aromatic heterocycles. The van der Waals surface area contributed by atoms with Crippen LogP contribution in [-0.2, 0) is 6.18 Å². The Morgan fingerprint density at radius 3 is 2.42 bits per heavy atom. The third-order valence-corrected chi connectivity index (χ3v) is 4.55. The maximum absolute atomic E-state index is 12.6. The molecule has 0 bridgehead atoms. The van der Waals surface area contributed by atoms with Crippen LogP contribution in [-0.4, -0.2) is 52.2 Å². The maximum Gasteiger partial charge on any atom is 0.445 e. The molecule has 0 atom stereocenters. The molecule has 0 spiro atoms. The van der Waals surface area contributed by atoms with Crippen molar-refractivity contribution in [1.82, 2.24) is 20.1 Å².